The Hall–Kier alpha value is -1.33. The van der Waals surface area contributed by atoms with E-state index in [2.05, 4.69) is 4.98 Å². The number of aromatic nitrogens is 1. The van der Waals surface area contributed by atoms with Gasteiger partial charge in [-0.2, -0.15) is 0 Å². The Bertz CT molecular complexity index is 491. The quantitative estimate of drug-likeness (QED) is 0.914. The lowest BCUT2D eigenvalue weighted by Gasteiger charge is -2.23. The number of nitrogens with zero attached hydrogens (tertiary/aromatic N) is 1. The largest absolute Gasteiger partial charge is 0.385 e. The molecular weight excluding hydrogens is 244 g/mol. The van der Waals surface area contributed by atoms with Gasteiger partial charge in [-0.3, -0.25) is 4.98 Å². The molecule has 0 aliphatic heterocycles. The van der Waals surface area contributed by atoms with E-state index in [1.807, 2.05) is 0 Å². The molecule has 1 unspecified atom stereocenters. The van der Waals surface area contributed by atoms with Crippen LogP contribution in [0.15, 0.2) is 29.9 Å². The molecule has 0 amide bonds. The number of hydrogen-bond donors (Lipinski definition) is 1. The molecule has 1 heterocycles. The zero-order valence-electron chi connectivity index (χ0n) is 9.15. The Balaban J connectivity index is 2.30. The first-order chi connectivity index (χ1) is 7.97. The monoisotopic (exact) mass is 255 g/mol. The van der Waals surface area contributed by atoms with Gasteiger partial charge < -0.3 is 5.11 Å². The molecule has 0 bridgehead atoms. The van der Waals surface area contributed by atoms with Gasteiger partial charge >= 0.3 is 0 Å². The van der Waals surface area contributed by atoms with Crippen molar-refractivity contribution in [3.63, 3.8) is 0 Å². The molecule has 1 atom stereocenters. The molecule has 0 saturated heterocycles. The van der Waals surface area contributed by atoms with Gasteiger partial charge in [-0.15, -0.1) is 11.3 Å². The standard InChI is InChI=1S/C12H11F2NOS/c1-12(16,5-11-6-15-7-17-11)8-2-9(13)4-10(14)3-8/h2-4,6-7,16H,5H2,1H3. The van der Waals surface area contributed by atoms with Crippen LogP contribution >= 0.6 is 11.3 Å². The molecule has 0 radical (unpaired) electrons. The lowest BCUT2D eigenvalue weighted by atomic mass is 9.92. The maximum absolute atomic E-state index is 13.1. The minimum absolute atomic E-state index is 0.225. The van der Waals surface area contributed by atoms with E-state index in [1.165, 1.54) is 18.3 Å². The molecular formula is C12H11F2NOS. The maximum atomic E-state index is 13.1. The second-order valence-electron chi connectivity index (χ2n) is 4.08. The molecule has 0 fully saturated rings. The van der Waals surface area contributed by atoms with Crippen LogP contribution in [-0.4, -0.2) is 10.1 Å². The van der Waals surface area contributed by atoms with E-state index in [1.54, 1.807) is 11.7 Å². The summed E-state index contributed by atoms with van der Waals surface area (Å²) >= 11 is 1.39. The highest BCUT2D eigenvalue weighted by Gasteiger charge is 2.25. The van der Waals surface area contributed by atoms with Crippen molar-refractivity contribution < 1.29 is 13.9 Å². The third kappa shape index (κ3) is 2.87. The maximum Gasteiger partial charge on any atom is 0.126 e. The number of thiazole rings is 1. The second kappa shape index (κ2) is 4.50. The fourth-order valence-electron chi connectivity index (χ4n) is 1.64. The summed E-state index contributed by atoms with van der Waals surface area (Å²) in [4.78, 5) is 4.76. The van der Waals surface area contributed by atoms with Gasteiger partial charge in [-0.1, -0.05) is 0 Å². The highest BCUT2D eigenvalue weighted by atomic mass is 32.1. The highest BCUT2D eigenvalue weighted by Crippen LogP contribution is 2.27. The fourth-order valence-corrected chi connectivity index (χ4v) is 2.38. The Labute approximate surface area is 102 Å². The first-order valence-electron chi connectivity index (χ1n) is 5.04. The fraction of sp³-hybridized carbons (Fsp3) is 0.250. The number of rotatable bonds is 3. The first kappa shape index (κ1) is 12.1. The molecule has 5 heteroatoms. The molecule has 0 saturated carbocycles. The summed E-state index contributed by atoms with van der Waals surface area (Å²) in [5.74, 6) is -1.38. The minimum Gasteiger partial charge on any atom is -0.385 e. The summed E-state index contributed by atoms with van der Waals surface area (Å²) in [5.41, 5.74) is 0.566. The van der Waals surface area contributed by atoms with Crippen LogP contribution in [0.2, 0.25) is 0 Å². The molecule has 0 aliphatic rings. The topological polar surface area (TPSA) is 33.1 Å². The molecule has 0 spiro atoms. The van der Waals surface area contributed by atoms with Crippen molar-refractivity contribution in [2.24, 2.45) is 0 Å². The average Bonchev–Trinajstić information content (AvgIpc) is 2.68. The Morgan fingerprint density at radius 2 is 1.94 bits per heavy atom. The SMILES string of the molecule is CC(O)(Cc1cncs1)c1cc(F)cc(F)c1. The third-order valence-electron chi connectivity index (χ3n) is 2.49. The summed E-state index contributed by atoms with van der Waals surface area (Å²) in [6, 6.07) is 3.07. The van der Waals surface area contributed by atoms with Gasteiger partial charge in [0.2, 0.25) is 0 Å². The van der Waals surface area contributed by atoms with Crippen molar-refractivity contribution >= 4 is 11.3 Å². The zero-order valence-corrected chi connectivity index (χ0v) is 9.97. The lowest BCUT2D eigenvalue weighted by molar-refractivity contribution is 0.0577. The molecule has 2 nitrogen and oxygen atoms in total. The van der Waals surface area contributed by atoms with Crippen LogP contribution in [0, 0.1) is 11.6 Å². The van der Waals surface area contributed by atoms with Gasteiger partial charge in [0, 0.05) is 23.6 Å². The Kier molecular flexibility index (Phi) is 3.22. The number of benzene rings is 1. The number of aliphatic hydroxyl groups is 1. The first-order valence-corrected chi connectivity index (χ1v) is 5.92. The summed E-state index contributed by atoms with van der Waals surface area (Å²) in [5, 5.41) is 10.3. The van der Waals surface area contributed by atoms with Gasteiger partial charge in [-0.25, -0.2) is 8.78 Å². The highest BCUT2D eigenvalue weighted by molar-refractivity contribution is 7.09. The minimum atomic E-state index is -1.31. The Morgan fingerprint density at radius 1 is 1.29 bits per heavy atom. The second-order valence-corrected chi connectivity index (χ2v) is 5.05. The van der Waals surface area contributed by atoms with Gasteiger partial charge in [0.15, 0.2) is 0 Å². The van der Waals surface area contributed by atoms with Crippen LogP contribution < -0.4 is 0 Å². The van der Waals surface area contributed by atoms with E-state index >= 15 is 0 Å². The van der Waals surface area contributed by atoms with Crippen molar-refractivity contribution in [3.05, 3.63) is 52.0 Å². The van der Waals surface area contributed by atoms with Gasteiger partial charge in [0.05, 0.1) is 11.1 Å². The van der Waals surface area contributed by atoms with Gasteiger partial charge in [0.25, 0.3) is 0 Å². The van der Waals surface area contributed by atoms with E-state index < -0.39 is 17.2 Å². The summed E-state index contributed by atoms with van der Waals surface area (Å²) < 4.78 is 26.2. The van der Waals surface area contributed by atoms with Crippen LogP contribution in [0.4, 0.5) is 8.78 Å². The Morgan fingerprint density at radius 3 is 2.47 bits per heavy atom. The average molecular weight is 255 g/mol. The molecule has 1 aromatic heterocycles. The van der Waals surface area contributed by atoms with Crippen LogP contribution in [0.3, 0.4) is 0 Å². The molecule has 17 heavy (non-hydrogen) atoms. The van der Waals surface area contributed by atoms with Gasteiger partial charge in [0.1, 0.15) is 11.6 Å². The summed E-state index contributed by atoms with van der Waals surface area (Å²) in [7, 11) is 0. The molecule has 90 valence electrons. The van der Waals surface area contributed by atoms with Crippen LogP contribution in [-0.2, 0) is 12.0 Å². The molecule has 2 rings (SSSR count). The van der Waals surface area contributed by atoms with Crippen molar-refractivity contribution in [2.45, 2.75) is 18.9 Å². The lowest BCUT2D eigenvalue weighted by Crippen LogP contribution is -2.24. The van der Waals surface area contributed by atoms with E-state index in [0.29, 0.717) is 0 Å². The van der Waals surface area contributed by atoms with Gasteiger partial charge in [-0.05, 0) is 24.6 Å². The van der Waals surface area contributed by atoms with Crippen LogP contribution in [0.1, 0.15) is 17.4 Å². The van der Waals surface area contributed by atoms with E-state index in [0.717, 1.165) is 23.1 Å². The van der Waals surface area contributed by atoms with Crippen molar-refractivity contribution in [3.8, 4) is 0 Å². The molecule has 0 aliphatic carbocycles. The van der Waals surface area contributed by atoms with E-state index in [9.17, 15) is 13.9 Å². The predicted octanol–water partition coefficient (Wildman–Crippen LogP) is 2.87. The summed E-state index contributed by atoms with van der Waals surface area (Å²) in [6.45, 7) is 1.53. The predicted molar refractivity (Wildman–Crippen MR) is 61.7 cm³/mol. The van der Waals surface area contributed by atoms with Crippen LogP contribution in [0.25, 0.3) is 0 Å². The van der Waals surface area contributed by atoms with Crippen molar-refractivity contribution in [1.82, 2.24) is 4.98 Å². The van der Waals surface area contributed by atoms with E-state index in [4.69, 9.17) is 0 Å². The number of halogens is 2. The smallest absolute Gasteiger partial charge is 0.126 e. The van der Waals surface area contributed by atoms with Crippen molar-refractivity contribution in [2.75, 3.05) is 0 Å². The normalized spacial score (nSPS) is 14.6. The summed E-state index contributed by atoms with van der Waals surface area (Å²) in [6.07, 6.45) is 1.91. The van der Waals surface area contributed by atoms with E-state index in [-0.39, 0.29) is 12.0 Å². The van der Waals surface area contributed by atoms with Crippen LogP contribution in [0.5, 0.6) is 0 Å². The molecule has 1 aromatic carbocycles. The molecule has 2 aromatic rings. The zero-order chi connectivity index (χ0) is 12.5. The third-order valence-corrected chi connectivity index (χ3v) is 3.27. The van der Waals surface area contributed by atoms with Crippen molar-refractivity contribution in [1.29, 1.82) is 0 Å². The molecule has 1 N–H and O–H groups in total. The number of hydrogen-bond acceptors (Lipinski definition) is 3.